The van der Waals surface area contributed by atoms with Gasteiger partial charge in [-0.15, -0.1) is 5.10 Å². The molecule has 0 N–H and O–H groups in total. The quantitative estimate of drug-likeness (QED) is 0.833. The summed E-state index contributed by atoms with van der Waals surface area (Å²) in [5.41, 5.74) is 1.34. The Bertz CT molecular complexity index is 621. The van der Waals surface area contributed by atoms with Crippen LogP contribution in [0.3, 0.4) is 0 Å². The Morgan fingerprint density at radius 2 is 2.14 bits per heavy atom. The van der Waals surface area contributed by atoms with Gasteiger partial charge in [0.1, 0.15) is 5.75 Å². The van der Waals surface area contributed by atoms with Crippen LogP contribution >= 0.6 is 0 Å². The van der Waals surface area contributed by atoms with Gasteiger partial charge in [-0.2, -0.15) is 0 Å². The van der Waals surface area contributed by atoms with Crippen LogP contribution in [-0.2, 0) is 4.74 Å². The van der Waals surface area contributed by atoms with E-state index in [4.69, 9.17) is 9.47 Å². The highest BCUT2D eigenvalue weighted by molar-refractivity contribution is 5.97. The summed E-state index contributed by atoms with van der Waals surface area (Å²) in [7, 11) is 1.55. The number of hydrogen-bond acceptors (Lipinski definition) is 5. The Labute approximate surface area is 122 Å². The Balaban J connectivity index is 1.89. The van der Waals surface area contributed by atoms with Crippen LogP contribution in [0, 0.1) is 0 Å². The molecule has 1 amide bonds. The standard InChI is InChI=1S/C14H16N4O3/c1-20-13-10-11(18-5-4-15-16-18)2-3-12(13)14(19)17-6-8-21-9-7-17/h2-5,10H,6-9H2,1H3. The van der Waals surface area contributed by atoms with Crippen LogP contribution in [0.15, 0.2) is 30.6 Å². The van der Waals surface area contributed by atoms with Gasteiger partial charge in [0.15, 0.2) is 0 Å². The van der Waals surface area contributed by atoms with Crippen LogP contribution in [-0.4, -0.2) is 59.2 Å². The molecule has 1 aliphatic rings. The number of benzene rings is 1. The molecule has 0 atom stereocenters. The van der Waals surface area contributed by atoms with Crippen molar-refractivity contribution < 1.29 is 14.3 Å². The number of carbonyl (C=O) groups is 1. The molecule has 0 saturated carbocycles. The summed E-state index contributed by atoms with van der Waals surface area (Å²) in [4.78, 5) is 14.3. The number of aromatic nitrogens is 3. The van der Waals surface area contributed by atoms with Gasteiger partial charge in [0.25, 0.3) is 5.91 Å². The molecule has 1 aromatic heterocycles. The average Bonchev–Trinajstić information content (AvgIpc) is 3.09. The lowest BCUT2D eigenvalue weighted by atomic mass is 10.1. The molecule has 110 valence electrons. The molecule has 0 unspecified atom stereocenters. The van der Waals surface area contributed by atoms with Crippen molar-refractivity contribution in [1.29, 1.82) is 0 Å². The van der Waals surface area contributed by atoms with Crippen molar-refractivity contribution >= 4 is 5.91 Å². The van der Waals surface area contributed by atoms with Crippen LogP contribution in [0.1, 0.15) is 10.4 Å². The van der Waals surface area contributed by atoms with Gasteiger partial charge in [-0.1, -0.05) is 5.21 Å². The average molecular weight is 288 g/mol. The zero-order valence-electron chi connectivity index (χ0n) is 11.7. The second kappa shape index (κ2) is 5.92. The Kier molecular flexibility index (Phi) is 3.83. The van der Waals surface area contributed by atoms with E-state index < -0.39 is 0 Å². The van der Waals surface area contributed by atoms with Crippen molar-refractivity contribution in [2.45, 2.75) is 0 Å². The van der Waals surface area contributed by atoms with Gasteiger partial charge in [-0.05, 0) is 12.1 Å². The normalized spacial score (nSPS) is 15.0. The van der Waals surface area contributed by atoms with Gasteiger partial charge in [0.05, 0.1) is 44.0 Å². The highest BCUT2D eigenvalue weighted by Gasteiger charge is 2.22. The van der Waals surface area contributed by atoms with E-state index in [-0.39, 0.29) is 5.91 Å². The van der Waals surface area contributed by atoms with Crippen molar-refractivity contribution in [3.8, 4) is 11.4 Å². The summed E-state index contributed by atoms with van der Waals surface area (Å²) >= 11 is 0. The monoisotopic (exact) mass is 288 g/mol. The predicted molar refractivity (Wildman–Crippen MR) is 74.6 cm³/mol. The van der Waals surface area contributed by atoms with Crippen molar-refractivity contribution in [3.05, 3.63) is 36.2 Å². The number of nitrogens with zero attached hydrogens (tertiary/aromatic N) is 4. The van der Waals surface area contributed by atoms with E-state index in [1.807, 2.05) is 6.07 Å². The van der Waals surface area contributed by atoms with E-state index in [0.29, 0.717) is 37.6 Å². The largest absolute Gasteiger partial charge is 0.496 e. The van der Waals surface area contributed by atoms with E-state index in [0.717, 1.165) is 5.69 Å². The zero-order valence-corrected chi connectivity index (χ0v) is 11.7. The third-order valence-corrected chi connectivity index (χ3v) is 3.40. The van der Waals surface area contributed by atoms with Crippen LogP contribution in [0.4, 0.5) is 0 Å². The molecule has 0 spiro atoms. The minimum Gasteiger partial charge on any atom is -0.496 e. The first kappa shape index (κ1) is 13.6. The van der Waals surface area contributed by atoms with E-state index >= 15 is 0 Å². The van der Waals surface area contributed by atoms with Gasteiger partial charge in [-0.25, -0.2) is 4.68 Å². The summed E-state index contributed by atoms with van der Waals surface area (Å²) in [6.45, 7) is 2.36. The lowest BCUT2D eigenvalue weighted by Crippen LogP contribution is -2.40. The third kappa shape index (κ3) is 2.73. The molecule has 2 aromatic rings. The van der Waals surface area contributed by atoms with E-state index in [1.54, 1.807) is 41.2 Å². The Morgan fingerprint density at radius 1 is 1.33 bits per heavy atom. The second-order valence-electron chi connectivity index (χ2n) is 4.64. The smallest absolute Gasteiger partial charge is 0.257 e. The van der Waals surface area contributed by atoms with Gasteiger partial charge >= 0.3 is 0 Å². The number of rotatable bonds is 3. The van der Waals surface area contributed by atoms with E-state index in [2.05, 4.69) is 10.3 Å². The first-order valence-electron chi connectivity index (χ1n) is 6.71. The molecule has 21 heavy (non-hydrogen) atoms. The molecule has 7 heteroatoms. The Hall–Kier alpha value is -2.41. The van der Waals surface area contributed by atoms with Crippen molar-refractivity contribution in [2.75, 3.05) is 33.4 Å². The summed E-state index contributed by atoms with van der Waals surface area (Å²) in [6, 6.07) is 5.36. The minimum atomic E-state index is -0.0414. The summed E-state index contributed by atoms with van der Waals surface area (Å²) in [5.74, 6) is 0.486. The number of ether oxygens (including phenoxy) is 2. The highest BCUT2D eigenvalue weighted by atomic mass is 16.5. The minimum absolute atomic E-state index is 0.0414. The molecule has 1 saturated heterocycles. The maximum absolute atomic E-state index is 12.5. The molecule has 0 radical (unpaired) electrons. The van der Waals surface area contributed by atoms with Gasteiger partial charge in [0, 0.05) is 19.2 Å². The maximum atomic E-state index is 12.5. The summed E-state index contributed by atoms with van der Waals surface area (Å²) < 4.78 is 12.2. The molecule has 7 nitrogen and oxygen atoms in total. The second-order valence-corrected chi connectivity index (χ2v) is 4.64. The predicted octanol–water partition coefficient (Wildman–Crippen LogP) is 0.748. The molecule has 0 bridgehead atoms. The number of amides is 1. The molecule has 1 aromatic carbocycles. The van der Waals surface area contributed by atoms with Gasteiger partial charge < -0.3 is 14.4 Å². The number of morpholine rings is 1. The van der Waals surface area contributed by atoms with Crippen LogP contribution in [0.25, 0.3) is 5.69 Å². The molecule has 3 rings (SSSR count). The fourth-order valence-electron chi connectivity index (χ4n) is 2.28. The number of hydrogen-bond donors (Lipinski definition) is 0. The molecule has 1 fully saturated rings. The SMILES string of the molecule is COc1cc(-n2ccnn2)ccc1C(=O)N1CCOCC1. The number of carbonyl (C=O) groups excluding carboxylic acids is 1. The molecular weight excluding hydrogens is 272 g/mol. The van der Waals surface area contributed by atoms with Gasteiger partial charge in [-0.3, -0.25) is 4.79 Å². The van der Waals surface area contributed by atoms with Gasteiger partial charge in [0.2, 0.25) is 0 Å². The summed E-state index contributed by atoms with van der Waals surface area (Å²) in [6.07, 6.45) is 3.33. The zero-order chi connectivity index (χ0) is 14.7. The van der Waals surface area contributed by atoms with E-state index in [1.165, 1.54) is 0 Å². The van der Waals surface area contributed by atoms with Crippen LogP contribution in [0.5, 0.6) is 5.75 Å². The molecular formula is C14H16N4O3. The van der Waals surface area contributed by atoms with E-state index in [9.17, 15) is 4.79 Å². The van der Waals surface area contributed by atoms with Crippen LogP contribution in [0.2, 0.25) is 0 Å². The lowest BCUT2D eigenvalue weighted by molar-refractivity contribution is 0.0301. The van der Waals surface area contributed by atoms with Crippen LogP contribution < -0.4 is 4.74 Å². The fraction of sp³-hybridized carbons (Fsp3) is 0.357. The lowest BCUT2D eigenvalue weighted by Gasteiger charge is -2.27. The molecule has 1 aliphatic heterocycles. The third-order valence-electron chi connectivity index (χ3n) is 3.40. The maximum Gasteiger partial charge on any atom is 0.257 e. The topological polar surface area (TPSA) is 69.5 Å². The molecule has 2 heterocycles. The fourth-order valence-corrected chi connectivity index (χ4v) is 2.28. The van der Waals surface area contributed by atoms with Crippen molar-refractivity contribution in [1.82, 2.24) is 19.9 Å². The molecule has 0 aliphatic carbocycles. The van der Waals surface area contributed by atoms with Crippen molar-refractivity contribution in [3.63, 3.8) is 0 Å². The Morgan fingerprint density at radius 3 is 2.81 bits per heavy atom. The summed E-state index contributed by atoms with van der Waals surface area (Å²) in [5, 5.41) is 7.69. The first-order chi connectivity index (χ1) is 10.3. The number of methoxy groups -OCH3 is 1. The first-order valence-corrected chi connectivity index (χ1v) is 6.71. The van der Waals surface area contributed by atoms with Crippen molar-refractivity contribution in [2.24, 2.45) is 0 Å². The highest BCUT2D eigenvalue weighted by Crippen LogP contribution is 2.24.